The molecule has 2 atom stereocenters. The monoisotopic (exact) mass is 303 g/mol. The van der Waals surface area contributed by atoms with Crippen molar-refractivity contribution in [3.8, 4) is 0 Å². The van der Waals surface area contributed by atoms with Crippen molar-refractivity contribution in [1.82, 2.24) is 4.90 Å². The third-order valence-electron chi connectivity index (χ3n) is 4.16. The molecule has 2 aromatic rings. The Bertz CT molecular complexity index is 624. The lowest BCUT2D eigenvalue weighted by atomic mass is 9.95. The van der Waals surface area contributed by atoms with E-state index in [1.54, 1.807) is 24.5 Å². The number of hydrogen-bond donors (Lipinski definition) is 1. The Morgan fingerprint density at radius 3 is 2.68 bits per heavy atom. The quantitative estimate of drug-likeness (QED) is 0.940. The summed E-state index contributed by atoms with van der Waals surface area (Å²) in [6, 6.07) is 8.93. The van der Waals surface area contributed by atoms with Gasteiger partial charge in [0.1, 0.15) is 17.6 Å². The van der Waals surface area contributed by atoms with Gasteiger partial charge in [0, 0.05) is 6.54 Å². The maximum absolute atomic E-state index is 13.2. The largest absolute Gasteiger partial charge is 0.480 e. The number of carboxylic acid groups (broad SMARTS) is 1. The van der Waals surface area contributed by atoms with Crippen molar-refractivity contribution in [1.29, 1.82) is 0 Å². The number of carboxylic acids is 1. The fourth-order valence-electron chi connectivity index (χ4n) is 3.14. The summed E-state index contributed by atoms with van der Waals surface area (Å²) in [5.74, 6) is -0.450. The van der Waals surface area contributed by atoms with Crippen LogP contribution in [0.25, 0.3) is 0 Å². The number of hydrogen-bond acceptors (Lipinski definition) is 3. The molecule has 1 saturated heterocycles. The molecular weight excluding hydrogens is 285 g/mol. The summed E-state index contributed by atoms with van der Waals surface area (Å²) in [5, 5.41) is 9.51. The SMILES string of the molecule is O=C(O)C1CCCCN1C(c1ccc(F)cc1)c1ccco1. The maximum Gasteiger partial charge on any atom is 0.320 e. The Kier molecular flexibility index (Phi) is 4.24. The van der Waals surface area contributed by atoms with Crippen LogP contribution in [0.1, 0.15) is 36.6 Å². The molecule has 1 fully saturated rings. The van der Waals surface area contributed by atoms with E-state index in [0.717, 1.165) is 18.4 Å². The molecule has 0 aliphatic carbocycles. The van der Waals surface area contributed by atoms with Gasteiger partial charge < -0.3 is 9.52 Å². The minimum atomic E-state index is -0.821. The fraction of sp³-hybridized carbons (Fsp3) is 0.353. The lowest BCUT2D eigenvalue weighted by Gasteiger charge is -2.38. The molecule has 0 radical (unpaired) electrons. The number of rotatable bonds is 4. The lowest BCUT2D eigenvalue weighted by Crippen LogP contribution is -2.46. The van der Waals surface area contributed by atoms with Crippen LogP contribution in [-0.4, -0.2) is 28.6 Å². The summed E-state index contributed by atoms with van der Waals surface area (Å²) in [5.41, 5.74) is 0.838. The zero-order valence-corrected chi connectivity index (χ0v) is 12.1. The first-order valence-corrected chi connectivity index (χ1v) is 7.44. The van der Waals surface area contributed by atoms with Gasteiger partial charge in [-0.1, -0.05) is 18.6 Å². The van der Waals surface area contributed by atoms with Crippen molar-refractivity contribution < 1.29 is 18.7 Å². The van der Waals surface area contributed by atoms with E-state index in [2.05, 4.69) is 0 Å². The molecule has 1 aromatic carbocycles. The lowest BCUT2D eigenvalue weighted by molar-refractivity contribution is -0.145. The highest BCUT2D eigenvalue weighted by atomic mass is 19.1. The van der Waals surface area contributed by atoms with Gasteiger partial charge >= 0.3 is 5.97 Å². The summed E-state index contributed by atoms with van der Waals surface area (Å²) in [6.45, 7) is 0.680. The molecule has 1 aromatic heterocycles. The molecular formula is C17H18FNO3. The third kappa shape index (κ3) is 2.90. The molecule has 2 unspecified atom stereocenters. The number of carbonyl (C=O) groups is 1. The Morgan fingerprint density at radius 2 is 2.05 bits per heavy atom. The van der Waals surface area contributed by atoms with Gasteiger partial charge in [0.05, 0.1) is 12.3 Å². The normalized spacial score (nSPS) is 20.7. The second-order valence-electron chi connectivity index (χ2n) is 5.56. The van der Waals surface area contributed by atoms with E-state index in [1.165, 1.54) is 12.1 Å². The van der Waals surface area contributed by atoms with E-state index in [-0.39, 0.29) is 11.9 Å². The Hall–Kier alpha value is -2.14. The van der Waals surface area contributed by atoms with Gasteiger partial charge in [-0.15, -0.1) is 0 Å². The van der Waals surface area contributed by atoms with E-state index in [9.17, 15) is 14.3 Å². The van der Waals surface area contributed by atoms with Crippen molar-refractivity contribution in [2.45, 2.75) is 31.3 Å². The molecule has 1 N–H and O–H groups in total. The average molecular weight is 303 g/mol. The molecule has 2 heterocycles. The first-order chi connectivity index (χ1) is 10.7. The van der Waals surface area contributed by atoms with Crippen molar-refractivity contribution in [2.24, 2.45) is 0 Å². The summed E-state index contributed by atoms with van der Waals surface area (Å²) in [4.78, 5) is 13.5. The Balaban J connectivity index is 2.01. The van der Waals surface area contributed by atoms with Crippen molar-refractivity contribution in [2.75, 3.05) is 6.54 Å². The highest BCUT2D eigenvalue weighted by Crippen LogP contribution is 2.34. The highest BCUT2D eigenvalue weighted by molar-refractivity contribution is 5.73. The third-order valence-corrected chi connectivity index (χ3v) is 4.16. The van der Waals surface area contributed by atoms with Crippen LogP contribution in [0.15, 0.2) is 47.1 Å². The van der Waals surface area contributed by atoms with E-state index in [1.807, 2.05) is 11.0 Å². The van der Waals surface area contributed by atoms with Crippen LogP contribution in [0.3, 0.4) is 0 Å². The van der Waals surface area contributed by atoms with Gasteiger partial charge in [-0.2, -0.15) is 0 Å². The number of nitrogens with zero attached hydrogens (tertiary/aromatic N) is 1. The van der Waals surface area contributed by atoms with E-state index < -0.39 is 12.0 Å². The van der Waals surface area contributed by atoms with Crippen LogP contribution in [0.5, 0.6) is 0 Å². The number of piperidine rings is 1. The first kappa shape index (κ1) is 14.8. The van der Waals surface area contributed by atoms with E-state index >= 15 is 0 Å². The second kappa shape index (κ2) is 6.32. The number of halogens is 1. The molecule has 0 bridgehead atoms. The molecule has 1 aliphatic heterocycles. The molecule has 4 nitrogen and oxygen atoms in total. The summed E-state index contributed by atoms with van der Waals surface area (Å²) < 4.78 is 18.7. The zero-order chi connectivity index (χ0) is 15.5. The average Bonchev–Trinajstić information content (AvgIpc) is 3.04. The molecule has 3 rings (SSSR count). The van der Waals surface area contributed by atoms with Crippen LogP contribution < -0.4 is 0 Å². The van der Waals surface area contributed by atoms with Gasteiger partial charge in [-0.25, -0.2) is 4.39 Å². The maximum atomic E-state index is 13.2. The van der Waals surface area contributed by atoms with E-state index in [0.29, 0.717) is 18.7 Å². The Labute approximate surface area is 128 Å². The highest BCUT2D eigenvalue weighted by Gasteiger charge is 2.36. The predicted molar refractivity (Wildman–Crippen MR) is 78.9 cm³/mol. The van der Waals surface area contributed by atoms with Gasteiger partial charge in [0.2, 0.25) is 0 Å². The topological polar surface area (TPSA) is 53.7 Å². The molecule has 0 amide bonds. The minimum absolute atomic E-state index is 0.308. The minimum Gasteiger partial charge on any atom is -0.480 e. The smallest absolute Gasteiger partial charge is 0.320 e. The molecule has 1 aliphatic rings. The molecule has 116 valence electrons. The van der Waals surface area contributed by atoms with Crippen LogP contribution in [-0.2, 0) is 4.79 Å². The van der Waals surface area contributed by atoms with Crippen molar-refractivity contribution in [3.63, 3.8) is 0 Å². The predicted octanol–water partition coefficient (Wildman–Crippen LogP) is 3.45. The number of furan rings is 1. The fourth-order valence-corrected chi connectivity index (χ4v) is 3.14. The summed E-state index contributed by atoms with van der Waals surface area (Å²) >= 11 is 0. The number of likely N-dealkylation sites (tertiary alicyclic amines) is 1. The van der Waals surface area contributed by atoms with Crippen molar-refractivity contribution in [3.05, 3.63) is 59.8 Å². The van der Waals surface area contributed by atoms with Crippen LogP contribution in [0, 0.1) is 5.82 Å². The number of benzene rings is 1. The van der Waals surface area contributed by atoms with Gasteiger partial charge in [-0.05, 0) is 42.7 Å². The van der Waals surface area contributed by atoms with Gasteiger partial charge in [0.25, 0.3) is 0 Å². The second-order valence-corrected chi connectivity index (χ2v) is 5.56. The van der Waals surface area contributed by atoms with Gasteiger partial charge in [0.15, 0.2) is 0 Å². The molecule has 22 heavy (non-hydrogen) atoms. The van der Waals surface area contributed by atoms with Crippen molar-refractivity contribution >= 4 is 5.97 Å². The standard InChI is InChI=1S/C17H18FNO3/c18-13-8-6-12(7-9-13)16(15-5-3-11-22-15)19-10-2-1-4-14(19)17(20)21/h3,5-9,11,14,16H,1-2,4,10H2,(H,20,21). The van der Waals surface area contributed by atoms with Gasteiger partial charge in [-0.3, -0.25) is 9.69 Å². The number of aliphatic carboxylic acids is 1. The summed E-state index contributed by atoms with van der Waals surface area (Å²) in [6.07, 6.45) is 4.04. The van der Waals surface area contributed by atoms with E-state index in [4.69, 9.17) is 4.42 Å². The molecule has 5 heteroatoms. The molecule has 0 spiro atoms. The first-order valence-electron chi connectivity index (χ1n) is 7.44. The van der Waals surface area contributed by atoms with Crippen LogP contribution in [0.4, 0.5) is 4.39 Å². The zero-order valence-electron chi connectivity index (χ0n) is 12.1. The Morgan fingerprint density at radius 1 is 1.27 bits per heavy atom. The molecule has 0 saturated carbocycles. The summed E-state index contributed by atoms with van der Waals surface area (Å²) in [7, 11) is 0. The van der Waals surface area contributed by atoms with Crippen LogP contribution in [0.2, 0.25) is 0 Å². The van der Waals surface area contributed by atoms with Crippen LogP contribution >= 0.6 is 0 Å².